The van der Waals surface area contributed by atoms with Crippen molar-refractivity contribution in [3.63, 3.8) is 0 Å². The third-order valence-corrected chi connectivity index (χ3v) is 3.89. The van der Waals surface area contributed by atoms with Gasteiger partial charge in [0.1, 0.15) is 5.75 Å². The van der Waals surface area contributed by atoms with Crippen LogP contribution in [0.5, 0.6) is 5.75 Å². The highest BCUT2D eigenvalue weighted by Gasteiger charge is 2.12. The summed E-state index contributed by atoms with van der Waals surface area (Å²) in [7, 11) is 1.54. The van der Waals surface area contributed by atoms with Crippen molar-refractivity contribution >= 4 is 23.2 Å². The number of amides is 1. The van der Waals surface area contributed by atoms with Crippen LogP contribution < -0.4 is 10.1 Å². The van der Waals surface area contributed by atoms with Crippen LogP contribution in [0.2, 0.25) is 0 Å². The summed E-state index contributed by atoms with van der Waals surface area (Å²) in [6.07, 6.45) is 0.171. The Morgan fingerprint density at radius 3 is 2.44 bits per heavy atom. The van der Waals surface area contributed by atoms with E-state index < -0.39 is 0 Å². The van der Waals surface area contributed by atoms with Gasteiger partial charge < -0.3 is 10.1 Å². The number of benzene rings is 2. The fourth-order valence-corrected chi connectivity index (χ4v) is 2.36. The second-order valence-corrected chi connectivity index (χ2v) is 5.79. The molecule has 0 spiro atoms. The Balaban J connectivity index is 1.97. The Morgan fingerprint density at radius 1 is 1.00 bits per heavy atom. The Kier molecular flexibility index (Phi) is 6.06. The van der Waals surface area contributed by atoms with E-state index in [9.17, 15) is 14.4 Å². The molecule has 1 amide bonds. The Bertz CT molecular complexity index is 811. The van der Waals surface area contributed by atoms with Gasteiger partial charge in [-0.15, -0.1) is 0 Å². The van der Waals surface area contributed by atoms with Gasteiger partial charge in [-0.05, 0) is 37.6 Å². The highest BCUT2D eigenvalue weighted by Crippen LogP contribution is 2.18. The van der Waals surface area contributed by atoms with E-state index in [0.29, 0.717) is 22.6 Å². The third-order valence-electron chi connectivity index (χ3n) is 3.89. The van der Waals surface area contributed by atoms with Gasteiger partial charge >= 0.3 is 0 Å². The maximum absolute atomic E-state index is 12.2. The fraction of sp³-hybridized carbons (Fsp3) is 0.250. The van der Waals surface area contributed by atoms with Gasteiger partial charge in [0, 0.05) is 29.7 Å². The topological polar surface area (TPSA) is 72.5 Å². The van der Waals surface area contributed by atoms with Crippen LogP contribution in [-0.2, 0) is 4.79 Å². The number of aryl methyl sites for hydroxylation is 1. The van der Waals surface area contributed by atoms with Gasteiger partial charge in [0.05, 0.1) is 7.11 Å². The minimum atomic E-state index is -0.264. The summed E-state index contributed by atoms with van der Waals surface area (Å²) < 4.78 is 5.09. The first-order valence-electron chi connectivity index (χ1n) is 7.99. The molecule has 5 nitrogen and oxygen atoms in total. The molecule has 2 aromatic rings. The van der Waals surface area contributed by atoms with Crippen LogP contribution in [0.25, 0.3) is 0 Å². The molecule has 2 aromatic carbocycles. The van der Waals surface area contributed by atoms with E-state index in [2.05, 4.69) is 5.32 Å². The lowest BCUT2D eigenvalue weighted by molar-refractivity contribution is -0.116. The minimum absolute atomic E-state index is 0.0660. The zero-order valence-corrected chi connectivity index (χ0v) is 14.6. The molecule has 1 N–H and O–H groups in total. The molecule has 130 valence electrons. The molecule has 0 aliphatic rings. The van der Waals surface area contributed by atoms with Crippen molar-refractivity contribution in [2.75, 3.05) is 12.4 Å². The first-order chi connectivity index (χ1) is 11.9. The van der Waals surface area contributed by atoms with E-state index >= 15 is 0 Å². The summed E-state index contributed by atoms with van der Waals surface area (Å²) >= 11 is 0. The first kappa shape index (κ1) is 18.4. The third kappa shape index (κ3) is 5.01. The summed E-state index contributed by atoms with van der Waals surface area (Å²) in [6, 6.07) is 12.0. The molecule has 0 saturated heterocycles. The number of ketones is 2. The second-order valence-electron chi connectivity index (χ2n) is 5.79. The lowest BCUT2D eigenvalue weighted by atomic mass is 10.1. The van der Waals surface area contributed by atoms with Gasteiger partial charge in [-0.2, -0.15) is 0 Å². The number of nitrogens with one attached hydrogen (secondary N) is 1. The molecular formula is C20H21NO4. The van der Waals surface area contributed by atoms with Crippen LogP contribution >= 0.6 is 0 Å². The van der Waals surface area contributed by atoms with Gasteiger partial charge in [0.2, 0.25) is 5.91 Å². The lowest BCUT2D eigenvalue weighted by Gasteiger charge is -2.10. The normalized spacial score (nSPS) is 10.2. The van der Waals surface area contributed by atoms with Crippen molar-refractivity contribution in [2.45, 2.75) is 26.7 Å². The molecule has 0 heterocycles. The molecule has 5 heteroatoms. The Hall–Kier alpha value is -2.95. The highest BCUT2D eigenvalue weighted by atomic mass is 16.5. The predicted molar refractivity (Wildman–Crippen MR) is 96.4 cm³/mol. The first-order valence-corrected chi connectivity index (χ1v) is 7.99. The van der Waals surface area contributed by atoms with Crippen LogP contribution in [0.4, 0.5) is 5.69 Å². The maximum Gasteiger partial charge on any atom is 0.224 e. The standard InChI is InChI=1S/C20H21NO4/c1-13-7-8-15(14(2)22)12-18(13)21-20(24)10-9-19(23)16-5-4-6-17(11-16)25-3/h4-8,11-12H,9-10H2,1-3H3,(H,21,24). The number of Topliss-reactive ketones (excluding diaryl/α,β-unsaturated/α-hetero) is 2. The van der Waals surface area contributed by atoms with E-state index in [0.717, 1.165) is 5.56 Å². The molecule has 25 heavy (non-hydrogen) atoms. The van der Waals surface area contributed by atoms with Gasteiger partial charge in [0.25, 0.3) is 0 Å². The van der Waals surface area contributed by atoms with Gasteiger partial charge in [-0.3, -0.25) is 14.4 Å². The number of anilines is 1. The lowest BCUT2D eigenvalue weighted by Crippen LogP contribution is -2.14. The van der Waals surface area contributed by atoms with E-state index in [1.807, 2.05) is 6.92 Å². The zero-order chi connectivity index (χ0) is 18.4. The van der Waals surface area contributed by atoms with Crippen LogP contribution in [0, 0.1) is 6.92 Å². The van der Waals surface area contributed by atoms with Crippen molar-refractivity contribution < 1.29 is 19.1 Å². The predicted octanol–water partition coefficient (Wildman–Crippen LogP) is 3.81. The Labute approximate surface area is 147 Å². The Morgan fingerprint density at radius 2 is 1.76 bits per heavy atom. The average Bonchev–Trinajstić information content (AvgIpc) is 2.61. The van der Waals surface area contributed by atoms with Crippen LogP contribution in [0.1, 0.15) is 46.0 Å². The SMILES string of the molecule is COc1cccc(C(=O)CCC(=O)Nc2cc(C(C)=O)ccc2C)c1. The molecule has 0 atom stereocenters. The number of carbonyl (C=O) groups is 3. The summed E-state index contributed by atoms with van der Waals surface area (Å²) in [4.78, 5) is 35.8. The quantitative estimate of drug-likeness (QED) is 0.779. The van der Waals surface area contributed by atoms with Crippen molar-refractivity contribution in [3.05, 3.63) is 59.2 Å². The van der Waals surface area contributed by atoms with E-state index in [1.54, 1.807) is 42.5 Å². The highest BCUT2D eigenvalue weighted by molar-refractivity contribution is 6.01. The molecule has 0 aliphatic heterocycles. The molecule has 0 saturated carbocycles. The summed E-state index contributed by atoms with van der Waals surface area (Å²) in [5.74, 6) is 0.152. The van der Waals surface area contributed by atoms with Crippen LogP contribution in [0.3, 0.4) is 0 Å². The largest absolute Gasteiger partial charge is 0.497 e. The molecule has 0 aliphatic carbocycles. The average molecular weight is 339 g/mol. The van der Waals surface area contributed by atoms with Gasteiger partial charge in [0.15, 0.2) is 11.6 Å². The zero-order valence-electron chi connectivity index (χ0n) is 14.6. The van der Waals surface area contributed by atoms with Gasteiger partial charge in [-0.25, -0.2) is 0 Å². The molecule has 0 bridgehead atoms. The minimum Gasteiger partial charge on any atom is -0.497 e. The monoisotopic (exact) mass is 339 g/mol. The van der Waals surface area contributed by atoms with Crippen molar-refractivity contribution in [2.24, 2.45) is 0 Å². The van der Waals surface area contributed by atoms with Crippen molar-refractivity contribution in [1.82, 2.24) is 0 Å². The number of hydrogen-bond donors (Lipinski definition) is 1. The fourth-order valence-electron chi connectivity index (χ4n) is 2.36. The van der Waals surface area contributed by atoms with Crippen molar-refractivity contribution in [1.29, 1.82) is 0 Å². The van der Waals surface area contributed by atoms with E-state index in [4.69, 9.17) is 4.74 Å². The van der Waals surface area contributed by atoms with Crippen LogP contribution in [-0.4, -0.2) is 24.6 Å². The summed E-state index contributed by atoms with van der Waals surface area (Å²) in [5, 5.41) is 2.77. The molecular weight excluding hydrogens is 318 g/mol. The second kappa shape index (κ2) is 8.24. The smallest absolute Gasteiger partial charge is 0.224 e. The van der Waals surface area contributed by atoms with E-state index in [-0.39, 0.29) is 30.3 Å². The molecule has 2 rings (SSSR count). The number of hydrogen-bond acceptors (Lipinski definition) is 4. The summed E-state index contributed by atoms with van der Waals surface area (Å²) in [6.45, 7) is 3.32. The molecule has 0 radical (unpaired) electrons. The number of carbonyl (C=O) groups excluding carboxylic acids is 3. The molecule has 0 unspecified atom stereocenters. The van der Waals surface area contributed by atoms with Crippen molar-refractivity contribution in [3.8, 4) is 5.75 Å². The van der Waals surface area contributed by atoms with Crippen LogP contribution in [0.15, 0.2) is 42.5 Å². The van der Waals surface area contributed by atoms with E-state index in [1.165, 1.54) is 14.0 Å². The molecule has 0 fully saturated rings. The van der Waals surface area contributed by atoms with Gasteiger partial charge in [-0.1, -0.05) is 24.3 Å². The number of ether oxygens (including phenoxy) is 1. The summed E-state index contributed by atoms with van der Waals surface area (Å²) in [5.41, 5.74) is 2.50. The molecule has 0 aromatic heterocycles. The maximum atomic E-state index is 12.2. The number of rotatable bonds is 7. The number of methoxy groups -OCH3 is 1.